The molecule has 0 atom stereocenters. The van der Waals surface area contributed by atoms with Crippen molar-refractivity contribution in [3.8, 4) is 0 Å². The molecule has 0 aromatic rings. The summed E-state index contributed by atoms with van der Waals surface area (Å²) in [6.45, 7) is 0.249. The number of rotatable bonds is 4. The van der Waals surface area contributed by atoms with Crippen molar-refractivity contribution in [2.45, 2.75) is 12.5 Å². The fourth-order valence-corrected chi connectivity index (χ4v) is 1.04. The van der Waals surface area contributed by atoms with E-state index in [4.69, 9.17) is 5.73 Å². The molecule has 0 unspecified atom stereocenters. The third-order valence-electron chi connectivity index (χ3n) is 1.70. The van der Waals surface area contributed by atoms with Gasteiger partial charge in [0, 0.05) is 13.0 Å². The molecule has 0 spiro atoms. The predicted molar refractivity (Wildman–Crippen MR) is 44.8 cm³/mol. The molecule has 1 rings (SSSR count). The van der Waals surface area contributed by atoms with Gasteiger partial charge in [0.15, 0.2) is 11.6 Å². The number of nitrogens with two attached hydrogens (primary N) is 1. The van der Waals surface area contributed by atoms with E-state index < -0.39 is 11.9 Å². The van der Waals surface area contributed by atoms with E-state index in [0.29, 0.717) is 0 Å². The molecule has 0 bridgehead atoms. The first-order chi connectivity index (χ1) is 6.11. The van der Waals surface area contributed by atoms with Gasteiger partial charge in [0.1, 0.15) is 6.04 Å². The molecule has 0 saturated heterocycles. The van der Waals surface area contributed by atoms with E-state index in [2.05, 4.69) is 5.32 Å². The summed E-state index contributed by atoms with van der Waals surface area (Å²) in [6.07, 6.45) is 2.57. The maximum Gasteiger partial charge on any atom is 0.218 e. The lowest BCUT2D eigenvalue weighted by atomic mass is 10.2. The van der Waals surface area contributed by atoms with E-state index >= 15 is 0 Å². The van der Waals surface area contributed by atoms with E-state index in [0.717, 1.165) is 0 Å². The molecule has 0 aromatic carbocycles. The highest BCUT2D eigenvalue weighted by Gasteiger charge is 2.26. The Bertz CT molecular complexity index is 265. The molecule has 0 heterocycles. The molecule has 13 heavy (non-hydrogen) atoms. The van der Waals surface area contributed by atoms with Crippen LogP contribution in [0, 0.1) is 0 Å². The predicted octanol–water partition coefficient (Wildman–Crippen LogP) is -1.47. The average molecular weight is 182 g/mol. The summed E-state index contributed by atoms with van der Waals surface area (Å²) in [5.41, 5.74) is 4.88. The average Bonchev–Trinajstić information content (AvgIpc) is 2.34. The van der Waals surface area contributed by atoms with Crippen LogP contribution in [0.2, 0.25) is 0 Å². The fourth-order valence-electron chi connectivity index (χ4n) is 1.04. The fraction of sp³-hybridized carbons (Fsp3) is 0.375. The molecule has 0 aliphatic heterocycles. The largest absolute Gasteiger partial charge is 0.370 e. The Kier molecular flexibility index (Phi) is 2.92. The van der Waals surface area contributed by atoms with Gasteiger partial charge in [-0.2, -0.15) is 0 Å². The summed E-state index contributed by atoms with van der Waals surface area (Å²) >= 11 is 0. The van der Waals surface area contributed by atoms with Crippen LogP contribution in [-0.2, 0) is 14.4 Å². The van der Waals surface area contributed by atoms with Gasteiger partial charge in [-0.1, -0.05) is 0 Å². The van der Waals surface area contributed by atoms with Gasteiger partial charge in [0.25, 0.3) is 0 Å². The number of carbonyl (C=O) groups is 3. The standard InChI is InChI=1S/C8H10N2O3/c9-7(13)3-4-10-8-5(11)1-2-6(8)12/h1-2,8,10H,3-4H2,(H2,9,13). The molecule has 0 radical (unpaired) electrons. The van der Waals surface area contributed by atoms with Gasteiger partial charge >= 0.3 is 0 Å². The zero-order valence-corrected chi connectivity index (χ0v) is 6.95. The van der Waals surface area contributed by atoms with Crippen molar-refractivity contribution in [3.05, 3.63) is 12.2 Å². The monoisotopic (exact) mass is 182 g/mol. The van der Waals surface area contributed by atoms with Crippen LogP contribution in [0.5, 0.6) is 0 Å². The first-order valence-corrected chi connectivity index (χ1v) is 3.88. The Morgan fingerprint density at radius 3 is 2.38 bits per heavy atom. The molecule has 1 aliphatic rings. The molecule has 1 aliphatic carbocycles. The normalized spacial score (nSPS) is 16.9. The molecule has 5 nitrogen and oxygen atoms in total. The second-order valence-electron chi connectivity index (χ2n) is 2.74. The van der Waals surface area contributed by atoms with Crippen LogP contribution in [0.3, 0.4) is 0 Å². The highest BCUT2D eigenvalue weighted by molar-refractivity contribution is 6.22. The first kappa shape index (κ1) is 9.60. The summed E-state index contributed by atoms with van der Waals surface area (Å²) in [7, 11) is 0. The molecule has 0 saturated carbocycles. The number of nitrogens with one attached hydrogen (secondary N) is 1. The third kappa shape index (κ3) is 2.48. The Morgan fingerprint density at radius 2 is 1.92 bits per heavy atom. The maximum absolute atomic E-state index is 11.0. The van der Waals surface area contributed by atoms with Gasteiger partial charge in [-0.25, -0.2) is 0 Å². The van der Waals surface area contributed by atoms with Crippen LogP contribution in [0.15, 0.2) is 12.2 Å². The summed E-state index contributed by atoms with van der Waals surface area (Å²) in [4.78, 5) is 32.3. The minimum atomic E-state index is -0.806. The van der Waals surface area contributed by atoms with Crippen molar-refractivity contribution >= 4 is 17.5 Å². The molecule has 0 fully saturated rings. The molecule has 5 heteroatoms. The summed E-state index contributed by atoms with van der Waals surface area (Å²) in [5.74, 6) is -0.998. The first-order valence-electron chi connectivity index (χ1n) is 3.88. The second kappa shape index (κ2) is 3.95. The molecule has 1 amide bonds. The number of hydrogen-bond acceptors (Lipinski definition) is 4. The minimum Gasteiger partial charge on any atom is -0.370 e. The van der Waals surface area contributed by atoms with Gasteiger partial charge in [0.05, 0.1) is 0 Å². The lowest BCUT2D eigenvalue weighted by Crippen LogP contribution is -2.40. The summed E-state index contributed by atoms with van der Waals surface area (Å²) in [6, 6.07) is -0.806. The number of primary amides is 1. The van der Waals surface area contributed by atoms with Gasteiger partial charge < -0.3 is 11.1 Å². The van der Waals surface area contributed by atoms with Crippen LogP contribution in [0.25, 0.3) is 0 Å². The van der Waals surface area contributed by atoms with Crippen molar-refractivity contribution in [2.24, 2.45) is 5.73 Å². The van der Waals surface area contributed by atoms with E-state index in [-0.39, 0.29) is 24.5 Å². The highest BCUT2D eigenvalue weighted by atomic mass is 16.2. The Morgan fingerprint density at radius 1 is 1.38 bits per heavy atom. The Labute approximate surface area is 75.0 Å². The van der Waals surface area contributed by atoms with E-state index in [1.807, 2.05) is 0 Å². The van der Waals surface area contributed by atoms with E-state index in [1.165, 1.54) is 12.2 Å². The Hall–Kier alpha value is -1.49. The number of amides is 1. The highest BCUT2D eigenvalue weighted by Crippen LogP contribution is 2.01. The lowest BCUT2D eigenvalue weighted by Gasteiger charge is -2.07. The number of ketones is 2. The van der Waals surface area contributed by atoms with Gasteiger partial charge in [-0.3, -0.25) is 14.4 Å². The zero-order chi connectivity index (χ0) is 9.84. The van der Waals surface area contributed by atoms with E-state index in [1.54, 1.807) is 0 Å². The van der Waals surface area contributed by atoms with Crippen molar-refractivity contribution in [1.82, 2.24) is 5.32 Å². The van der Waals surface area contributed by atoms with Gasteiger partial charge in [0.2, 0.25) is 5.91 Å². The van der Waals surface area contributed by atoms with Gasteiger partial charge in [-0.05, 0) is 12.2 Å². The topological polar surface area (TPSA) is 89.3 Å². The SMILES string of the molecule is NC(=O)CCNC1C(=O)C=CC1=O. The molecule has 3 N–H and O–H groups in total. The van der Waals surface area contributed by atoms with Crippen LogP contribution in [-0.4, -0.2) is 30.1 Å². The zero-order valence-electron chi connectivity index (χ0n) is 6.95. The van der Waals surface area contributed by atoms with E-state index in [9.17, 15) is 14.4 Å². The second-order valence-corrected chi connectivity index (χ2v) is 2.74. The van der Waals surface area contributed by atoms with Crippen LogP contribution >= 0.6 is 0 Å². The van der Waals surface area contributed by atoms with Gasteiger partial charge in [-0.15, -0.1) is 0 Å². The molecule has 0 aromatic heterocycles. The van der Waals surface area contributed by atoms with Crippen LogP contribution in [0.4, 0.5) is 0 Å². The number of carbonyl (C=O) groups excluding carboxylic acids is 3. The quantitative estimate of drug-likeness (QED) is 0.519. The summed E-state index contributed by atoms with van der Waals surface area (Å²) < 4.78 is 0. The molecular formula is C8H10N2O3. The van der Waals surface area contributed by atoms with Crippen molar-refractivity contribution in [1.29, 1.82) is 0 Å². The summed E-state index contributed by atoms with van der Waals surface area (Å²) in [5, 5.41) is 2.65. The molecular weight excluding hydrogens is 172 g/mol. The molecule has 70 valence electrons. The van der Waals surface area contributed by atoms with Crippen LogP contribution in [0.1, 0.15) is 6.42 Å². The smallest absolute Gasteiger partial charge is 0.218 e. The van der Waals surface area contributed by atoms with Crippen molar-refractivity contribution < 1.29 is 14.4 Å². The van der Waals surface area contributed by atoms with Crippen LogP contribution < -0.4 is 11.1 Å². The van der Waals surface area contributed by atoms with Crippen molar-refractivity contribution in [3.63, 3.8) is 0 Å². The minimum absolute atomic E-state index is 0.122. The Balaban J connectivity index is 2.34. The third-order valence-corrected chi connectivity index (χ3v) is 1.70. The van der Waals surface area contributed by atoms with Crippen molar-refractivity contribution in [2.75, 3.05) is 6.54 Å². The number of hydrogen-bond donors (Lipinski definition) is 2. The maximum atomic E-state index is 11.0. The lowest BCUT2D eigenvalue weighted by molar-refractivity contribution is -0.124.